The van der Waals surface area contributed by atoms with Crippen LogP contribution in [0.5, 0.6) is 0 Å². The standard InChI is InChI=1S/C20H27N5O2/c1-6-25-16-8-7-14(10-21-11-15-12-22-13-23(15)4)9-17(16)24(5)18(26)20(2,3)19(25)27/h7-9,12-13,21H,6,10-11H2,1-5H3. The summed E-state index contributed by atoms with van der Waals surface area (Å²) in [5, 5.41) is 3.40. The van der Waals surface area contributed by atoms with E-state index in [1.165, 1.54) is 0 Å². The first kappa shape index (κ1) is 19.1. The number of amides is 2. The van der Waals surface area contributed by atoms with Crippen molar-refractivity contribution < 1.29 is 9.59 Å². The highest BCUT2D eigenvalue weighted by molar-refractivity contribution is 6.19. The summed E-state index contributed by atoms with van der Waals surface area (Å²) in [7, 11) is 3.70. The van der Waals surface area contributed by atoms with Gasteiger partial charge in [0.05, 0.1) is 23.4 Å². The molecule has 1 aliphatic rings. The highest BCUT2D eigenvalue weighted by Crippen LogP contribution is 2.38. The Morgan fingerprint density at radius 1 is 1.07 bits per heavy atom. The summed E-state index contributed by atoms with van der Waals surface area (Å²) in [6.45, 7) is 7.20. The summed E-state index contributed by atoms with van der Waals surface area (Å²) in [4.78, 5) is 33.2. The van der Waals surface area contributed by atoms with E-state index in [1.807, 2.05) is 42.9 Å². The zero-order chi connectivity index (χ0) is 19.8. The van der Waals surface area contributed by atoms with Crippen molar-refractivity contribution in [3.8, 4) is 0 Å². The van der Waals surface area contributed by atoms with Crippen LogP contribution >= 0.6 is 0 Å². The van der Waals surface area contributed by atoms with Crippen LogP contribution in [0.3, 0.4) is 0 Å². The third-order valence-electron chi connectivity index (χ3n) is 5.18. The second kappa shape index (κ2) is 7.15. The lowest BCUT2D eigenvalue weighted by molar-refractivity contribution is -0.137. The molecule has 0 atom stereocenters. The molecule has 0 fully saturated rings. The minimum atomic E-state index is -1.08. The second-order valence-electron chi connectivity index (χ2n) is 7.46. The van der Waals surface area contributed by atoms with E-state index in [2.05, 4.69) is 10.3 Å². The van der Waals surface area contributed by atoms with Crippen molar-refractivity contribution in [1.29, 1.82) is 0 Å². The molecule has 0 saturated heterocycles. The van der Waals surface area contributed by atoms with E-state index in [0.717, 1.165) is 22.6 Å². The quantitative estimate of drug-likeness (QED) is 0.819. The number of aryl methyl sites for hydroxylation is 1. The van der Waals surface area contributed by atoms with E-state index in [-0.39, 0.29) is 11.8 Å². The van der Waals surface area contributed by atoms with Crippen LogP contribution in [0.4, 0.5) is 11.4 Å². The van der Waals surface area contributed by atoms with Gasteiger partial charge in [0.1, 0.15) is 5.41 Å². The molecule has 1 N–H and O–H groups in total. The van der Waals surface area contributed by atoms with Crippen LogP contribution in [-0.4, -0.2) is 35.0 Å². The Balaban J connectivity index is 1.86. The lowest BCUT2D eigenvalue weighted by Gasteiger charge is -2.27. The Morgan fingerprint density at radius 2 is 1.81 bits per heavy atom. The van der Waals surface area contributed by atoms with Crippen molar-refractivity contribution in [3.63, 3.8) is 0 Å². The zero-order valence-electron chi connectivity index (χ0n) is 16.6. The number of hydrogen-bond acceptors (Lipinski definition) is 4. The maximum atomic E-state index is 12.9. The van der Waals surface area contributed by atoms with Gasteiger partial charge in [0.2, 0.25) is 11.8 Å². The van der Waals surface area contributed by atoms with Crippen LogP contribution in [0.25, 0.3) is 0 Å². The van der Waals surface area contributed by atoms with Crippen molar-refractivity contribution in [3.05, 3.63) is 42.0 Å². The Hall–Kier alpha value is -2.67. The number of hydrogen-bond donors (Lipinski definition) is 1. The maximum Gasteiger partial charge on any atom is 0.242 e. The monoisotopic (exact) mass is 369 g/mol. The molecule has 0 unspecified atom stereocenters. The van der Waals surface area contributed by atoms with Crippen LogP contribution in [-0.2, 0) is 29.7 Å². The number of nitrogens with one attached hydrogen (secondary N) is 1. The van der Waals surface area contributed by atoms with E-state index >= 15 is 0 Å². The van der Waals surface area contributed by atoms with Crippen molar-refractivity contribution >= 4 is 23.2 Å². The molecule has 2 aromatic rings. The summed E-state index contributed by atoms with van der Waals surface area (Å²) < 4.78 is 1.98. The van der Waals surface area contributed by atoms with Gasteiger partial charge in [-0.2, -0.15) is 0 Å². The van der Waals surface area contributed by atoms with Gasteiger partial charge in [0.15, 0.2) is 0 Å². The average molecular weight is 369 g/mol. The topological polar surface area (TPSA) is 70.5 Å². The number of rotatable bonds is 5. The van der Waals surface area contributed by atoms with Gasteiger partial charge in [0.25, 0.3) is 0 Å². The fourth-order valence-electron chi connectivity index (χ4n) is 3.45. The molecule has 1 aliphatic heterocycles. The van der Waals surface area contributed by atoms with Crippen LogP contribution in [0.1, 0.15) is 32.0 Å². The fraction of sp³-hybridized carbons (Fsp3) is 0.450. The highest BCUT2D eigenvalue weighted by atomic mass is 16.2. The van der Waals surface area contributed by atoms with Gasteiger partial charge in [-0.15, -0.1) is 0 Å². The van der Waals surface area contributed by atoms with Gasteiger partial charge < -0.3 is 19.7 Å². The second-order valence-corrected chi connectivity index (χ2v) is 7.46. The number of carbonyl (C=O) groups is 2. The molecule has 144 valence electrons. The van der Waals surface area contributed by atoms with Gasteiger partial charge in [-0.05, 0) is 38.5 Å². The Kier molecular flexibility index (Phi) is 5.06. The molecular formula is C20H27N5O2. The number of carbonyl (C=O) groups excluding carboxylic acids is 2. The molecule has 1 aromatic carbocycles. The lowest BCUT2D eigenvalue weighted by Crippen LogP contribution is -2.47. The summed E-state index contributed by atoms with van der Waals surface area (Å²) in [5.74, 6) is -0.354. The number of aromatic nitrogens is 2. The molecule has 3 rings (SSSR count). The Labute approximate surface area is 160 Å². The van der Waals surface area contributed by atoms with E-state index in [1.54, 1.807) is 37.0 Å². The van der Waals surface area contributed by atoms with Gasteiger partial charge >= 0.3 is 0 Å². The molecule has 0 spiro atoms. The predicted octanol–water partition coefficient (Wildman–Crippen LogP) is 2.07. The van der Waals surface area contributed by atoms with Gasteiger partial charge in [-0.25, -0.2) is 4.98 Å². The first-order chi connectivity index (χ1) is 12.8. The molecule has 1 aromatic heterocycles. The highest BCUT2D eigenvalue weighted by Gasteiger charge is 2.45. The Morgan fingerprint density at radius 3 is 2.44 bits per heavy atom. The van der Waals surface area contributed by atoms with Crippen molar-refractivity contribution in [2.24, 2.45) is 12.5 Å². The van der Waals surface area contributed by atoms with Crippen LogP contribution in [0, 0.1) is 5.41 Å². The number of anilines is 2. The number of fused-ring (bicyclic) bond motifs is 1. The molecule has 0 radical (unpaired) electrons. The van der Waals surface area contributed by atoms with E-state index in [9.17, 15) is 9.59 Å². The smallest absolute Gasteiger partial charge is 0.242 e. The predicted molar refractivity (Wildman–Crippen MR) is 105 cm³/mol. The molecule has 27 heavy (non-hydrogen) atoms. The minimum absolute atomic E-state index is 0.164. The van der Waals surface area contributed by atoms with Crippen LogP contribution in [0.2, 0.25) is 0 Å². The van der Waals surface area contributed by atoms with E-state index in [0.29, 0.717) is 19.6 Å². The molecule has 2 amide bonds. The fourth-order valence-corrected chi connectivity index (χ4v) is 3.45. The van der Waals surface area contributed by atoms with Crippen molar-refractivity contribution in [2.75, 3.05) is 23.4 Å². The SMILES string of the molecule is CCN1C(=O)C(C)(C)C(=O)N(C)c2cc(CNCc3cncn3C)ccc21. The zero-order valence-corrected chi connectivity index (χ0v) is 16.6. The van der Waals surface area contributed by atoms with Gasteiger partial charge in [-0.3, -0.25) is 9.59 Å². The molecule has 0 bridgehead atoms. The third kappa shape index (κ3) is 3.35. The molecule has 2 heterocycles. The average Bonchev–Trinajstić information content (AvgIpc) is 3.04. The molecular weight excluding hydrogens is 342 g/mol. The number of imidazole rings is 1. The normalized spacial score (nSPS) is 16.5. The summed E-state index contributed by atoms with van der Waals surface area (Å²) in [5.41, 5.74) is 2.61. The Bertz CT molecular complexity index is 871. The summed E-state index contributed by atoms with van der Waals surface area (Å²) in [6.07, 6.45) is 3.61. The largest absolute Gasteiger partial charge is 0.337 e. The van der Waals surface area contributed by atoms with E-state index in [4.69, 9.17) is 0 Å². The maximum absolute atomic E-state index is 12.9. The minimum Gasteiger partial charge on any atom is -0.337 e. The molecule has 7 heteroatoms. The van der Waals surface area contributed by atoms with Crippen LogP contribution in [0.15, 0.2) is 30.7 Å². The lowest BCUT2D eigenvalue weighted by atomic mass is 9.90. The first-order valence-corrected chi connectivity index (χ1v) is 9.16. The molecule has 0 aliphatic carbocycles. The van der Waals surface area contributed by atoms with Gasteiger partial charge in [-0.1, -0.05) is 6.07 Å². The molecule has 0 saturated carbocycles. The van der Waals surface area contributed by atoms with Crippen molar-refractivity contribution in [1.82, 2.24) is 14.9 Å². The third-order valence-corrected chi connectivity index (χ3v) is 5.18. The van der Waals surface area contributed by atoms with Crippen LogP contribution < -0.4 is 15.1 Å². The summed E-state index contributed by atoms with van der Waals surface area (Å²) in [6, 6.07) is 5.92. The first-order valence-electron chi connectivity index (χ1n) is 9.16. The summed E-state index contributed by atoms with van der Waals surface area (Å²) >= 11 is 0. The number of nitrogens with zero attached hydrogens (tertiary/aromatic N) is 4. The molecule has 7 nitrogen and oxygen atoms in total. The number of benzene rings is 1. The van der Waals surface area contributed by atoms with Crippen molar-refractivity contribution in [2.45, 2.75) is 33.9 Å². The van der Waals surface area contributed by atoms with Gasteiger partial charge in [0, 0.05) is 39.9 Å². The van der Waals surface area contributed by atoms with E-state index < -0.39 is 5.41 Å².